The van der Waals surface area contributed by atoms with Crippen molar-refractivity contribution in [2.24, 2.45) is 0 Å². The summed E-state index contributed by atoms with van der Waals surface area (Å²) in [6, 6.07) is 4.31. The van der Waals surface area contributed by atoms with Gasteiger partial charge in [-0.3, -0.25) is 4.72 Å². The Bertz CT molecular complexity index is 553. The summed E-state index contributed by atoms with van der Waals surface area (Å²) in [6.45, 7) is 1.99. The van der Waals surface area contributed by atoms with Gasteiger partial charge in [-0.25, -0.2) is 13.2 Å². The van der Waals surface area contributed by atoms with Crippen LogP contribution in [0.15, 0.2) is 18.2 Å². The molecule has 1 rings (SSSR count). The van der Waals surface area contributed by atoms with Crippen LogP contribution in [0.2, 0.25) is 0 Å². The van der Waals surface area contributed by atoms with Crippen molar-refractivity contribution >= 4 is 21.7 Å². The molecular weight excluding hydrogens is 270 g/mol. The van der Waals surface area contributed by atoms with Crippen LogP contribution in [-0.4, -0.2) is 39.0 Å². The predicted octanol–water partition coefficient (Wildman–Crippen LogP) is 1.47. The van der Waals surface area contributed by atoms with Crippen LogP contribution in [0.4, 0.5) is 5.69 Å². The van der Waals surface area contributed by atoms with Crippen LogP contribution in [0.3, 0.4) is 0 Å². The second-order valence-corrected chi connectivity index (χ2v) is 5.94. The molecule has 0 unspecified atom stereocenters. The zero-order chi connectivity index (χ0) is 14.5. The number of ether oxygens (including phenoxy) is 1. The molecule has 0 radical (unpaired) electrons. The molecule has 7 heteroatoms. The van der Waals surface area contributed by atoms with E-state index >= 15 is 0 Å². The van der Waals surface area contributed by atoms with E-state index in [2.05, 4.69) is 4.72 Å². The summed E-state index contributed by atoms with van der Waals surface area (Å²) < 4.78 is 30.6. The average Bonchev–Trinajstić information content (AvgIpc) is 2.28. The number of aryl methyl sites for hydroxylation is 1. The summed E-state index contributed by atoms with van der Waals surface area (Å²) in [5.41, 5.74) is 1.02. The van der Waals surface area contributed by atoms with Gasteiger partial charge >= 0.3 is 5.97 Å². The number of nitrogens with one attached hydrogen (secondary N) is 1. The van der Waals surface area contributed by atoms with Gasteiger partial charge in [-0.2, -0.15) is 0 Å². The number of aromatic carboxylic acids is 1. The smallest absolute Gasteiger partial charge is 0.335 e. The maximum atomic E-state index is 11.7. The second kappa shape index (κ2) is 6.53. The minimum Gasteiger partial charge on any atom is -0.478 e. The zero-order valence-corrected chi connectivity index (χ0v) is 11.7. The van der Waals surface area contributed by atoms with Gasteiger partial charge in [0.05, 0.1) is 11.3 Å². The van der Waals surface area contributed by atoms with Crippen LogP contribution in [-0.2, 0) is 14.8 Å². The molecule has 0 bridgehead atoms. The van der Waals surface area contributed by atoms with E-state index in [4.69, 9.17) is 9.84 Å². The molecule has 1 aromatic rings. The molecule has 0 atom stereocenters. The van der Waals surface area contributed by atoms with E-state index in [-0.39, 0.29) is 11.3 Å². The van der Waals surface area contributed by atoms with Crippen LogP contribution in [0.25, 0.3) is 0 Å². The van der Waals surface area contributed by atoms with E-state index in [1.54, 1.807) is 6.92 Å². The lowest BCUT2D eigenvalue weighted by Crippen LogP contribution is -2.18. The van der Waals surface area contributed by atoms with Crippen molar-refractivity contribution in [3.63, 3.8) is 0 Å². The van der Waals surface area contributed by atoms with Gasteiger partial charge in [-0.15, -0.1) is 0 Å². The maximum absolute atomic E-state index is 11.7. The lowest BCUT2D eigenvalue weighted by Gasteiger charge is -2.09. The third-order valence-corrected chi connectivity index (χ3v) is 3.86. The Hall–Kier alpha value is -1.60. The first-order valence-corrected chi connectivity index (χ1v) is 7.34. The normalized spacial score (nSPS) is 11.3. The van der Waals surface area contributed by atoms with Crippen molar-refractivity contribution in [3.8, 4) is 0 Å². The molecule has 0 spiro atoms. The van der Waals surface area contributed by atoms with Crippen molar-refractivity contribution in [1.82, 2.24) is 0 Å². The Morgan fingerprint density at radius 2 is 2.11 bits per heavy atom. The second-order valence-electron chi connectivity index (χ2n) is 4.10. The summed E-state index contributed by atoms with van der Waals surface area (Å²) in [5, 5.41) is 8.88. The van der Waals surface area contributed by atoms with Gasteiger partial charge in [0.1, 0.15) is 0 Å². The molecule has 19 heavy (non-hydrogen) atoms. The molecule has 2 N–H and O–H groups in total. The SMILES string of the molecule is COCCCS(=O)(=O)Nc1ccc(C(=O)O)c(C)c1. The molecule has 0 aliphatic heterocycles. The highest BCUT2D eigenvalue weighted by Crippen LogP contribution is 2.16. The van der Waals surface area contributed by atoms with Gasteiger partial charge in [-0.1, -0.05) is 0 Å². The number of sulfonamides is 1. The van der Waals surface area contributed by atoms with E-state index in [1.807, 2.05) is 0 Å². The molecule has 0 heterocycles. The largest absolute Gasteiger partial charge is 0.478 e. The number of anilines is 1. The molecule has 1 aromatic carbocycles. The highest BCUT2D eigenvalue weighted by atomic mass is 32.2. The molecule has 0 aliphatic rings. The molecular formula is C12H17NO5S. The van der Waals surface area contributed by atoms with E-state index in [1.165, 1.54) is 25.3 Å². The quantitative estimate of drug-likeness (QED) is 0.741. The Morgan fingerprint density at radius 1 is 1.42 bits per heavy atom. The fraction of sp³-hybridized carbons (Fsp3) is 0.417. The molecule has 106 valence electrons. The first-order chi connectivity index (χ1) is 8.85. The fourth-order valence-electron chi connectivity index (χ4n) is 1.59. The molecule has 0 aliphatic carbocycles. The van der Waals surface area contributed by atoms with Crippen LogP contribution >= 0.6 is 0 Å². The number of methoxy groups -OCH3 is 1. The molecule has 0 saturated carbocycles. The highest BCUT2D eigenvalue weighted by molar-refractivity contribution is 7.92. The summed E-state index contributed by atoms with van der Waals surface area (Å²) in [5.74, 6) is -1.08. The fourth-order valence-corrected chi connectivity index (χ4v) is 2.68. The Kier molecular flexibility index (Phi) is 5.31. The van der Waals surface area contributed by atoms with Gasteiger partial charge < -0.3 is 9.84 Å². The molecule has 6 nitrogen and oxygen atoms in total. The number of benzene rings is 1. The van der Waals surface area contributed by atoms with Crippen molar-refractivity contribution < 1.29 is 23.1 Å². The Labute approximate surface area is 112 Å². The van der Waals surface area contributed by atoms with Crippen LogP contribution in [0, 0.1) is 6.92 Å². The van der Waals surface area contributed by atoms with E-state index in [0.29, 0.717) is 24.3 Å². The molecule has 0 aromatic heterocycles. The predicted molar refractivity (Wildman–Crippen MR) is 72.0 cm³/mol. The summed E-state index contributed by atoms with van der Waals surface area (Å²) in [4.78, 5) is 10.8. The lowest BCUT2D eigenvalue weighted by atomic mass is 10.1. The van der Waals surface area contributed by atoms with Crippen LogP contribution < -0.4 is 4.72 Å². The Balaban J connectivity index is 2.77. The standard InChI is InChI=1S/C12H17NO5S/c1-9-8-10(4-5-11(9)12(14)15)13-19(16,17)7-3-6-18-2/h4-5,8,13H,3,6-7H2,1-2H3,(H,14,15). The van der Waals surface area contributed by atoms with Gasteiger partial charge in [0.2, 0.25) is 10.0 Å². The van der Waals surface area contributed by atoms with Crippen LogP contribution in [0.1, 0.15) is 22.3 Å². The summed E-state index contributed by atoms with van der Waals surface area (Å²) in [6.07, 6.45) is 0.401. The van der Waals surface area contributed by atoms with Crippen molar-refractivity contribution in [2.75, 3.05) is 24.2 Å². The maximum Gasteiger partial charge on any atom is 0.335 e. The van der Waals surface area contributed by atoms with Gasteiger partial charge in [-0.05, 0) is 37.1 Å². The minimum absolute atomic E-state index is 0.0411. The monoisotopic (exact) mass is 287 g/mol. The number of hydrogen-bond acceptors (Lipinski definition) is 4. The zero-order valence-electron chi connectivity index (χ0n) is 10.8. The van der Waals surface area contributed by atoms with Gasteiger partial charge in [0.25, 0.3) is 0 Å². The molecule has 0 amide bonds. The number of carboxylic acids is 1. The van der Waals surface area contributed by atoms with E-state index in [9.17, 15) is 13.2 Å². The third-order valence-electron chi connectivity index (χ3n) is 2.49. The van der Waals surface area contributed by atoms with Crippen molar-refractivity contribution in [2.45, 2.75) is 13.3 Å². The Morgan fingerprint density at radius 3 is 2.63 bits per heavy atom. The van der Waals surface area contributed by atoms with Crippen molar-refractivity contribution in [3.05, 3.63) is 29.3 Å². The third kappa shape index (κ3) is 4.88. The molecule has 0 saturated heterocycles. The first kappa shape index (κ1) is 15.5. The summed E-state index contributed by atoms with van der Waals surface area (Å²) in [7, 11) is -1.93. The number of carbonyl (C=O) groups is 1. The topological polar surface area (TPSA) is 92.7 Å². The first-order valence-electron chi connectivity index (χ1n) is 5.69. The van der Waals surface area contributed by atoms with Gasteiger partial charge in [0.15, 0.2) is 0 Å². The highest BCUT2D eigenvalue weighted by Gasteiger charge is 2.12. The number of hydrogen-bond donors (Lipinski definition) is 2. The summed E-state index contributed by atoms with van der Waals surface area (Å²) >= 11 is 0. The number of carboxylic acid groups (broad SMARTS) is 1. The lowest BCUT2D eigenvalue weighted by molar-refractivity contribution is 0.0696. The average molecular weight is 287 g/mol. The van der Waals surface area contributed by atoms with E-state index in [0.717, 1.165) is 0 Å². The molecule has 0 fully saturated rings. The van der Waals surface area contributed by atoms with Gasteiger partial charge in [0, 0.05) is 19.4 Å². The van der Waals surface area contributed by atoms with Crippen LogP contribution in [0.5, 0.6) is 0 Å². The van der Waals surface area contributed by atoms with E-state index < -0.39 is 16.0 Å². The minimum atomic E-state index is -3.43. The number of rotatable bonds is 7. The van der Waals surface area contributed by atoms with Crippen molar-refractivity contribution in [1.29, 1.82) is 0 Å².